The zero-order valence-corrected chi connectivity index (χ0v) is 22.5. The maximum absolute atomic E-state index is 14.5. The number of aromatic nitrogens is 1. The summed E-state index contributed by atoms with van der Waals surface area (Å²) >= 11 is 1.16. The number of benzene rings is 2. The van der Waals surface area contributed by atoms with Crippen molar-refractivity contribution in [3.05, 3.63) is 69.6 Å². The van der Waals surface area contributed by atoms with Gasteiger partial charge in [-0.05, 0) is 55.5 Å². The molecule has 0 aliphatic carbocycles. The van der Waals surface area contributed by atoms with Gasteiger partial charge in [-0.1, -0.05) is 26.0 Å². The average Bonchev–Trinajstić information content (AvgIpc) is 3.33. The maximum atomic E-state index is 14.5. The molecule has 1 amide bonds. The monoisotopic (exact) mass is 544 g/mol. The van der Waals surface area contributed by atoms with Crippen LogP contribution in [0.4, 0.5) is 13.9 Å². The van der Waals surface area contributed by atoms with E-state index in [0.29, 0.717) is 24.0 Å². The molecule has 0 saturated carbocycles. The molecule has 2 N–H and O–H groups in total. The molecule has 3 aromatic rings. The lowest BCUT2D eigenvalue weighted by Gasteiger charge is -2.13. The van der Waals surface area contributed by atoms with Gasteiger partial charge in [-0.25, -0.2) is 18.6 Å². The number of amides is 1. The molecular formula is C28H30F2N2O5S. The lowest BCUT2D eigenvalue weighted by molar-refractivity contribution is -0.132. The van der Waals surface area contributed by atoms with E-state index in [2.05, 4.69) is 24.1 Å². The Balaban J connectivity index is 1.74. The Morgan fingerprint density at radius 2 is 1.92 bits per heavy atom. The first-order valence-corrected chi connectivity index (χ1v) is 12.9. The molecule has 38 heavy (non-hydrogen) atoms. The number of nitrogens with one attached hydrogen (secondary N) is 1. The van der Waals surface area contributed by atoms with Crippen LogP contribution >= 0.6 is 11.3 Å². The Kier molecular flexibility index (Phi) is 10.1. The summed E-state index contributed by atoms with van der Waals surface area (Å²) in [7, 11) is 1.59. The van der Waals surface area contributed by atoms with Crippen LogP contribution in [0.5, 0.6) is 5.75 Å². The minimum atomic E-state index is -1.30. The van der Waals surface area contributed by atoms with Crippen LogP contribution in [0.1, 0.15) is 48.7 Å². The summed E-state index contributed by atoms with van der Waals surface area (Å²) in [6.45, 7) is 6.79. The normalized spacial score (nSPS) is 11.6. The molecule has 202 valence electrons. The van der Waals surface area contributed by atoms with Crippen LogP contribution in [0, 0.1) is 17.6 Å². The molecule has 3 rings (SSSR count). The number of anilines is 1. The minimum Gasteiger partial charge on any atom is -0.496 e. The van der Waals surface area contributed by atoms with Crippen LogP contribution in [-0.2, 0) is 16.0 Å². The fourth-order valence-corrected chi connectivity index (χ4v) is 4.37. The Bertz CT molecular complexity index is 1310. The number of aliphatic carboxylic acids is 1. The van der Waals surface area contributed by atoms with Crippen molar-refractivity contribution in [2.45, 2.75) is 33.6 Å². The number of methoxy groups -OCH3 is 1. The first-order valence-electron chi connectivity index (χ1n) is 12.0. The van der Waals surface area contributed by atoms with E-state index in [4.69, 9.17) is 14.6 Å². The zero-order valence-electron chi connectivity index (χ0n) is 21.6. The molecule has 7 nitrogen and oxygen atoms in total. The summed E-state index contributed by atoms with van der Waals surface area (Å²) in [5.41, 5.74) is 1.32. The van der Waals surface area contributed by atoms with Crippen molar-refractivity contribution in [3.63, 3.8) is 0 Å². The number of carboxylic acid groups (broad SMARTS) is 1. The molecule has 2 aromatic carbocycles. The number of aryl methyl sites for hydroxylation is 1. The summed E-state index contributed by atoms with van der Waals surface area (Å²) < 4.78 is 40.3. The highest BCUT2D eigenvalue weighted by atomic mass is 32.1. The predicted octanol–water partition coefficient (Wildman–Crippen LogP) is 6.44. The highest BCUT2D eigenvalue weighted by molar-refractivity contribution is 7.14. The molecule has 0 bridgehead atoms. The SMILES string of the molecule is COc1c(CCCOCC(C)C)cccc1-c1csc(NC(=O)c2cc(F)c(C=C(C)C(=O)O)c(F)c2)n1. The number of hydrogen-bond acceptors (Lipinski definition) is 6. The number of para-hydroxylation sites is 1. The Hall–Kier alpha value is -3.63. The van der Waals surface area contributed by atoms with Crippen LogP contribution in [-0.4, -0.2) is 42.3 Å². The first kappa shape index (κ1) is 28.9. The third-order valence-corrected chi connectivity index (χ3v) is 6.28. The van der Waals surface area contributed by atoms with Crippen molar-refractivity contribution in [2.75, 3.05) is 25.6 Å². The van der Waals surface area contributed by atoms with Gasteiger partial charge in [-0.2, -0.15) is 0 Å². The molecule has 0 spiro atoms. The van der Waals surface area contributed by atoms with Gasteiger partial charge in [0.1, 0.15) is 17.4 Å². The molecule has 10 heteroatoms. The van der Waals surface area contributed by atoms with E-state index in [-0.39, 0.29) is 16.3 Å². The lowest BCUT2D eigenvalue weighted by atomic mass is 10.0. The summed E-state index contributed by atoms with van der Waals surface area (Å²) in [4.78, 5) is 28.1. The quantitative estimate of drug-likeness (QED) is 0.201. The number of carboxylic acids is 1. The van der Waals surface area contributed by atoms with Crippen molar-refractivity contribution in [3.8, 4) is 17.0 Å². The van der Waals surface area contributed by atoms with Crippen molar-refractivity contribution < 1.29 is 33.0 Å². The van der Waals surface area contributed by atoms with Crippen LogP contribution in [0.2, 0.25) is 0 Å². The van der Waals surface area contributed by atoms with Gasteiger partial charge in [-0.3, -0.25) is 10.1 Å². The van der Waals surface area contributed by atoms with Crippen LogP contribution in [0.15, 0.2) is 41.3 Å². The molecule has 0 fully saturated rings. The molecule has 0 saturated heterocycles. The van der Waals surface area contributed by atoms with Crippen LogP contribution in [0.3, 0.4) is 0 Å². The third kappa shape index (κ3) is 7.45. The van der Waals surface area contributed by atoms with Crippen molar-refractivity contribution in [1.29, 1.82) is 0 Å². The van der Waals surface area contributed by atoms with Gasteiger partial charge in [0, 0.05) is 40.9 Å². The second-order valence-corrected chi connectivity index (χ2v) is 9.91. The van der Waals surface area contributed by atoms with E-state index in [1.54, 1.807) is 12.5 Å². The van der Waals surface area contributed by atoms with Crippen molar-refractivity contribution >= 4 is 34.4 Å². The van der Waals surface area contributed by atoms with Gasteiger partial charge in [0.2, 0.25) is 0 Å². The van der Waals surface area contributed by atoms with Gasteiger partial charge < -0.3 is 14.6 Å². The number of nitrogens with zero attached hydrogens (tertiary/aromatic N) is 1. The lowest BCUT2D eigenvalue weighted by Crippen LogP contribution is -2.13. The molecule has 0 aliphatic heterocycles. The molecule has 1 aromatic heterocycles. The van der Waals surface area contributed by atoms with Crippen molar-refractivity contribution in [1.82, 2.24) is 4.98 Å². The Morgan fingerprint density at radius 3 is 2.55 bits per heavy atom. The summed E-state index contributed by atoms with van der Waals surface area (Å²) in [5, 5.41) is 13.5. The number of rotatable bonds is 12. The summed E-state index contributed by atoms with van der Waals surface area (Å²) in [5.74, 6) is -2.99. The second-order valence-electron chi connectivity index (χ2n) is 9.05. The Morgan fingerprint density at radius 1 is 1.21 bits per heavy atom. The number of carbonyl (C=O) groups excluding carboxylic acids is 1. The fourth-order valence-electron chi connectivity index (χ4n) is 3.66. The van der Waals surface area contributed by atoms with Gasteiger partial charge >= 0.3 is 5.97 Å². The highest BCUT2D eigenvalue weighted by Crippen LogP contribution is 2.35. The summed E-state index contributed by atoms with van der Waals surface area (Å²) in [6, 6.07) is 7.47. The zero-order chi connectivity index (χ0) is 27.8. The smallest absolute Gasteiger partial charge is 0.331 e. The van der Waals surface area contributed by atoms with E-state index >= 15 is 0 Å². The molecule has 1 heterocycles. The number of carbonyl (C=O) groups is 2. The van der Waals surface area contributed by atoms with Crippen molar-refractivity contribution in [2.24, 2.45) is 5.92 Å². The van der Waals surface area contributed by atoms with E-state index in [1.165, 1.54) is 6.92 Å². The Labute approximate surface area is 224 Å². The average molecular weight is 545 g/mol. The predicted molar refractivity (Wildman–Crippen MR) is 144 cm³/mol. The fraction of sp³-hybridized carbons (Fsp3) is 0.321. The summed E-state index contributed by atoms with van der Waals surface area (Å²) in [6.07, 6.45) is 2.47. The number of thiazole rings is 1. The molecule has 0 atom stereocenters. The van der Waals surface area contributed by atoms with E-state index in [0.717, 1.165) is 60.1 Å². The largest absolute Gasteiger partial charge is 0.496 e. The van der Waals surface area contributed by atoms with E-state index in [9.17, 15) is 18.4 Å². The second kappa shape index (κ2) is 13.3. The minimum absolute atomic E-state index is 0.241. The number of halogens is 2. The molecular weight excluding hydrogens is 514 g/mol. The maximum Gasteiger partial charge on any atom is 0.331 e. The number of ether oxygens (including phenoxy) is 2. The van der Waals surface area contributed by atoms with E-state index < -0.39 is 29.1 Å². The standard InChI is InChI=1S/C28H30F2N2O5S/c1-16(2)14-37-10-6-8-18-7-5-9-20(25(18)36-4)24-15-38-28(31-24)32-26(33)19-12-22(29)21(23(30)13-19)11-17(3)27(34)35/h5,7,9,11-13,15-16H,6,8,10,14H2,1-4H3,(H,34,35)(H,31,32,33). The molecule has 0 unspecified atom stereocenters. The topological polar surface area (TPSA) is 97.8 Å². The van der Waals surface area contributed by atoms with Gasteiger partial charge in [0.25, 0.3) is 5.91 Å². The van der Waals surface area contributed by atoms with Crippen LogP contribution < -0.4 is 10.1 Å². The number of hydrogen-bond donors (Lipinski definition) is 2. The first-order chi connectivity index (χ1) is 18.1. The third-order valence-electron chi connectivity index (χ3n) is 5.53. The molecule has 0 aliphatic rings. The van der Waals surface area contributed by atoms with Crippen LogP contribution in [0.25, 0.3) is 17.3 Å². The highest BCUT2D eigenvalue weighted by Gasteiger charge is 2.18. The van der Waals surface area contributed by atoms with Gasteiger partial charge in [0.05, 0.1) is 12.8 Å². The van der Waals surface area contributed by atoms with Gasteiger partial charge in [-0.15, -0.1) is 11.3 Å². The molecule has 0 radical (unpaired) electrons. The van der Waals surface area contributed by atoms with Gasteiger partial charge in [0.15, 0.2) is 5.13 Å². The van der Waals surface area contributed by atoms with E-state index in [1.807, 2.05) is 18.2 Å².